The summed E-state index contributed by atoms with van der Waals surface area (Å²) in [6.45, 7) is 4.40. The highest BCUT2D eigenvalue weighted by Crippen LogP contribution is 2.25. The zero-order chi connectivity index (χ0) is 15.2. The first-order chi connectivity index (χ1) is 10.1. The SMILES string of the molecule is CCC(NC(C)c1cccc(OC)c1)c1ccc(Br)cc1. The molecule has 0 spiro atoms. The Hall–Kier alpha value is -1.32. The van der Waals surface area contributed by atoms with Crippen LogP contribution in [-0.2, 0) is 0 Å². The molecule has 0 aliphatic heterocycles. The maximum Gasteiger partial charge on any atom is 0.119 e. The van der Waals surface area contributed by atoms with Gasteiger partial charge in [-0.05, 0) is 48.7 Å². The van der Waals surface area contributed by atoms with Gasteiger partial charge >= 0.3 is 0 Å². The van der Waals surface area contributed by atoms with Gasteiger partial charge in [0, 0.05) is 16.6 Å². The first-order valence-electron chi connectivity index (χ1n) is 7.29. The molecule has 0 aliphatic rings. The fourth-order valence-electron chi connectivity index (χ4n) is 2.45. The Bertz CT molecular complexity index is 568. The monoisotopic (exact) mass is 347 g/mol. The van der Waals surface area contributed by atoms with Crippen LogP contribution >= 0.6 is 15.9 Å². The van der Waals surface area contributed by atoms with E-state index in [2.05, 4.69) is 71.5 Å². The summed E-state index contributed by atoms with van der Waals surface area (Å²) in [4.78, 5) is 0. The van der Waals surface area contributed by atoms with E-state index in [1.54, 1.807) is 7.11 Å². The van der Waals surface area contributed by atoms with Crippen molar-refractivity contribution in [1.82, 2.24) is 5.32 Å². The Morgan fingerprint density at radius 2 is 1.81 bits per heavy atom. The van der Waals surface area contributed by atoms with E-state index in [0.717, 1.165) is 16.6 Å². The highest BCUT2D eigenvalue weighted by Gasteiger charge is 2.14. The third-order valence-electron chi connectivity index (χ3n) is 3.73. The predicted octanol–water partition coefficient (Wildman–Crippen LogP) is 5.26. The van der Waals surface area contributed by atoms with Crippen molar-refractivity contribution in [3.05, 3.63) is 64.1 Å². The van der Waals surface area contributed by atoms with Crippen molar-refractivity contribution in [2.75, 3.05) is 7.11 Å². The second-order valence-corrected chi connectivity index (χ2v) is 6.09. The molecule has 2 aromatic carbocycles. The van der Waals surface area contributed by atoms with Crippen molar-refractivity contribution >= 4 is 15.9 Å². The highest BCUT2D eigenvalue weighted by atomic mass is 79.9. The number of hydrogen-bond donors (Lipinski definition) is 1. The smallest absolute Gasteiger partial charge is 0.119 e. The van der Waals surface area contributed by atoms with Gasteiger partial charge in [-0.1, -0.05) is 47.1 Å². The van der Waals surface area contributed by atoms with Gasteiger partial charge in [0.15, 0.2) is 0 Å². The minimum Gasteiger partial charge on any atom is -0.497 e. The summed E-state index contributed by atoms with van der Waals surface area (Å²) in [6.07, 6.45) is 1.05. The standard InChI is InChI=1S/C18H22BrNO/c1-4-18(14-8-10-16(19)11-9-14)20-13(2)15-6-5-7-17(12-15)21-3/h5-13,18,20H,4H2,1-3H3. The van der Waals surface area contributed by atoms with Crippen LogP contribution in [-0.4, -0.2) is 7.11 Å². The fraction of sp³-hybridized carbons (Fsp3) is 0.333. The van der Waals surface area contributed by atoms with Gasteiger partial charge in [-0.25, -0.2) is 0 Å². The summed E-state index contributed by atoms with van der Waals surface area (Å²) in [5.41, 5.74) is 2.56. The molecule has 0 heterocycles. The van der Waals surface area contributed by atoms with E-state index in [-0.39, 0.29) is 6.04 Å². The summed E-state index contributed by atoms with van der Waals surface area (Å²) >= 11 is 3.49. The third-order valence-corrected chi connectivity index (χ3v) is 4.25. The Morgan fingerprint density at radius 3 is 2.43 bits per heavy atom. The molecule has 1 N–H and O–H groups in total. The van der Waals surface area contributed by atoms with Gasteiger partial charge in [0.05, 0.1) is 7.11 Å². The van der Waals surface area contributed by atoms with E-state index in [4.69, 9.17) is 4.74 Å². The summed E-state index contributed by atoms with van der Waals surface area (Å²) in [7, 11) is 1.70. The minimum absolute atomic E-state index is 0.272. The molecule has 3 heteroatoms. The van der Waals surface area contributed by atoms with E-state index in [1.807, 2.05) is 12.1 Å². The molecule has 0 aliphatic carbocycles. The number of rotatable bonds is 6. The van der Waals surface area contributed by atoms with Crippen molar-refractivity contribution in [1.29, 1.82) is 0 Å². The first kappa shape index (κ1) is 16.1. The van der Waals surface area contributed by atoms with Crippen molar-refractivity contribution in [2.45, 2.75) is 32.4 Å². The van der Waals surface area contributed by atoms with Gasteiger partial charge in [-0.15, -0.1) is 0 Å². The molecule has 0 saturated carbocycles. The van der Waals surface area contributed by atoms with E-state index in [0.29, 0.717) is 6.04 Å². The Labute approximate surface area is 135 Å². The van der Waals surface area contributed by atoms with Gasteiger partial charge in [0.25, 0.3) is 0 Å². The third kappa shape index (κ3) is 4.32. The second-order valence-electron chi connectivity index (χ2n) is 5.18. The number of halogens is 1. The molecular formula is C18H22BrNO. The molecule has 2 aromatic rings. The van der Waals surface area contributed by atoms with Crippen LogP contribution in [0.15, 0.2) is 53.0 Å². The lowest BCUT2D eigenvalue weighted by molar-refractivity contribution is 0.411. The van der Waals surface area contributed by atoms with E-state index in [9.17, 15) is 0 Å². The first-order valence-corrected chi connectivity index (χ1v) is 8.08. The normalized spacial score (nSPS) is 13.7. The quantitative estimate of drug-likeness (QED) is 0.769. The number of methoxy groups -OCH3 is 1. The molecule has 2 rings (SSSR count). The molecule has 2 atom stereocenters. The molecule has 112 valence electrons. The fourth-order valence-corrected chi connectivity index (χ4v) is 2.72. The lowest BCUT2D eigenvalue weighted by Gasteiger charge is -2.23. The molecule has 0 fully saturated rings. The Balaban J connectivity index is 2.11. The number of ether oxygens (including phenoxy) is 1. The van der Waals surface area contributed by atoms with E-state index in [1.165, 1.54) is 11.1 Å². The van der Waals surface area contributed by atoms with Crippen molar-refractivity contribution in [3.8, 4) is 5.75 Å². The van der Waals surface area contributed by atoms with Crippen molar-refractivity contribution < 1.29 is 4.74 Å². The summed E-state index contributed by atoms with van der Waals surface area (Å²) < 4.78 is 6.41. The Morgan fingerprint density at radius 1 is 1.10 bits per heavy atom. The summed E-state index contributed by atoms with van der Waals surface area (Å²) in [5, 5.41) is 3.70. The highest BCUT2D eigenvalue weighted by molar-refractivity contribution is 9.10. The van der Waals surface area contributed by atoms with Crippen LogP contribution in [0.3, 0.4) is 0 Å². The molecule has 21 heavy (non-hydrogen) atoms. The van der Waals surface area contributed by atoms with Crippen molar-refractivity contribution in [3.63, 3.8) is 0 Å². The van der Waals surface area contributed by atoms with E-state index < -0.39 is 0 Å². The summed E-state index contributed by atoms with van der Waals surface area (Å²) in [5.74, 6) is 0.901. The maximum absolute atomic E-state index is 5.30. The average molecular weight is 348 g/mol. The van der Waals surface area contributed by atoms with Crippen LogP contribution in [0.25, 0.3) is 0 Å². The molecule has 2 nitrogen and oxygen atoms in total. The van der Waals surface area contributed by atoms with Gasteiger partial charge < -0.3 is 10.1 Å². The summed E-state index contributed by atoms with van der Waals surface area (Å²) in [6, 6.07) is 17.4. The zero-order valence-corrected chi connectivity index (χ0v) is 14.4. The molecule has 0 saturated heterocycles. The van der Waals surface area contributed by atoms with Gasteiger partial charge in [-0.3, -0.25) is 0 Å². The van der Waals surface area contributed by atoms with Crippen LogP contribution in [0.2, 0.25) is 0 Å². The van der Waals surface area contributed by atoms with Crippen LogP contribution < -0.4 is 10.1 Å². The van der Waals surface area contributed by atoms with Gasteiger partial charge in [-0.2, -0.15) is 0 Å². The number of benzene rings is 2. The second kappa shape index (κ2) is 7.62. The number of hydrogen-bond acceptors (Lipinski definition) is 2. The van der Waals surface area contributed by atoms with Crippen LogP contribution in [0, 0.1) is 0 Å². The molecule has 0 amide bonds. The lowest BCUT2D eigenvalue weighted by Crippen LogP contribution is -2.24. The molecule has 0 bridgehead atoms. The Kier molecular flexibility index (Phi) is 5.83. The van der Waals surface area contributed by atoms with Crippen LogP contribution in [0.4, 0.5) is 0 Å². The topological polar surface area (TPSA) is 21.3 Å². The zero-order valence-electron chi connectivity index (χ0n) is 12.8. The lowest BCUT2D eigenvalue weighted by atomic mass is 10.0. The molecule has 0 aromatic heterocycles. The molecule has 0 radical (unpaired) electrons. The van der Waals surface area contributed by atoms with Crippen molar-refractivity contribution in [2.24, 2.45) is 0 Å². The van der Waals surface area contributed by atoms with Gasteiger partial charge in [0.1, 0.15) is 5.75 Å². The largest absolute Gasteiger partial charge is 0.497 e. The van der Waals surface area contributed by atoms with Gasteiger partial charge in [0.2, 0.25) is 0 Å². The van der Waals surface area contributed by atoms with Crippen LogP contribution in [0.1, 0.15) is 43.5 Å². The average Bonchev–Trinajstić information content (AvgIpc) is 2.53. The molecular weight excluding hydrogens is 326 g/mol. The predicted molar refractivity (Wildman–Crippen MR) is 91.7 cm³/mol. The maximum atomic E-state index is 5.30. The van der Waals surface area contributed by atoms with E-state index >= 15 is 0 Å². The number of nitrogens with one attached hydrogen (secondary N) is 1. The minimum atomic E-state index is 0.272. The molecule has 2 unspecified atom stereocenters. The van der Waals surface area contributed by atoms with Crippen LogP contribution in [0.5, 0.6) is 5.75 Å².